The molecule has 0 saturated carbocycles. The monoisotopic (exact) mass is 224 g/mol. The maximum absolute atomic E-state index is 10.1. The van der Waals surface area contributed by atoms with Gasteiger partial charge in [-0.05, 0) is 38.7 Å². The molecule has 0 aliphatic rings. The molecule has 1 aromatic rings. The van der Waals surface area contributed by atoms with Crippen LogP contribution < -0.4 is 0 Å². The summed E-state index contributed by atoms with van der Waals surface area (Å²) in [6.07, 6.45) is 2.71. The molecule has 16 heavy (non-hydrogen) atoms. The minimum Gasteiger partial charge on any atom is -0.466 e. The van der Waals surface area contributed by atoms with E-state index in [1.807, 2.05) is 20.8 Å². The van der Waals surface area contributed by atoms with Crippen LogP contribution in [0.1, 0.15) is 61.9 Å². The Kier molecular flexibility index (Phi) is 4.60. The molecule has 0 radical (unpaired) electrons. The predicted octanol–water partition coefficient (Wildman–Crippen LogP) is 4.06. The molecule has 92 valence electrons. The van der Waals surface area contributed by atoms with E-state index in [4.69, 9.17) is 4.42 Å². The van der Waals surface area contributed by atoms with Gasteiger partial charge in [0.05, 0.1) is 6.10 Å². The van der Waals surface area contributed by atoms with E-state index < -0.39 is 0 Å². The van der Waals surface area contributed by atoms with Gasteiger partial charge in [0, 0.05) is 5.56 Å². The van der Waals surface area contributed by atoms with Crippen LogP contribution in [0.5, 0.6) is 0 Å². The molecule has 0 amide bonds. The van der Waals surface area contributed by atoms with E-state index in [9.17, 15) is 5.11 Å². The summed E-state index contributed by atoms with van der Waals surface area (Å²) < 4.78 is 5.53. The lowest BCUT2D eigenvalue weighted by molar-refractivity contribution is 0.159. The van der Waals surface area contributed by atoms with Crippen molar-refractivity contribution in [3.63, 3.8) is 0 Å². The zero-order valence-corrected chi connectivity index (χ0v) is 11.1. The second-order valence-corrected chi connectivity index (χ2v) is 5.09. The van der Waals surface area contributed by atoms with Gasteiger partial charge in [0.1, 0.15) is 11.5 Å². The van der Waals surface area contributed by atoms with Crippen molar-refractivity contribution in [2.24, 2.45) is 5.92 Å². The molecule has 2 heteroatoms. The maximum Gasteiger partial charge on any atom is 0.107 e. The average molecular weight is 224 g/mol. The van der Waals surface area contributed by atoms with Gasteiger partial charge in [0.2, 0.25) is 0 Å². The Morgan fingerprint density at radius 1 is 1.06 bits per heavy atom. The third kappa shape index (κ3) is 3.11. The molecule has 1 aromatic heterocycles. The fourth-order valence-electron chi connectivity index (χ4n) is 2.16. The van der Waals surface area contributed by atoms with E-state index in [0.717, 1.165) is 35.5 Å². The highest BCUT2D eigenvalue weighted by molar-refractivity contribution is 5.33. The van der Waals surface area contributed by atoms with E-state index >= 15 is 0 Å². The van der Waals surface area contributed by atoms with Gasteiger partial charge in [-0.3, -0.25) is 0 Å². The molecule has 0 aromatic carbocycles. The number of aryl methyl sites for hydroxylation is 2. The van der Waals surface area contributed by atoms with Gasteiger partial charge in [-0.25, -0.2) is 0 Å². The second-order valence-electron chi connectivity index (χ2n) is 5.09. The number of furan rings is 1. The van der Waals surface area contributed by atoms with Crippen molar-refractivity contribution in [1.82, 2.24) is 0 Å². The average Bonchev–Trinajstić information content (AvgIpc) is 2.40. The van der Waals surface area contributed by atoms with Crippen LogP contribution in [0.15, 0.2) is 4.42 Å². The van der Waals surface area contributed by atoms with Crippen LogP contribution in [0, 0.1) is 26.7 Å². The third-order valence-electron chi connectivity index (χ3n) is 3.21. The van der Waals surface area contributed by atoms with Crippen LogP contribution in [-0.2, 0) is 0 Å². The van der Waals surface area contributed by atoms with Gasteiger partial charge in [-0.15, -0.1) is 0 Å². The Labute approximate surface area is 98.7 Å². The molecule has 1 heterocycles. The smallest absolute Gasteiger partial charge is 0.107 e. The third-order valence-corrected chi connectivity index (χ3v) is 3.21. The Morgan fingerprint density at radius 2 is 1.69 bits per heavy atom. The minimum atomic E-state index is -0.365. The van der Waals surface area contributed by atoms with Crippen LogP contribution in [-0.4, -0.2) is 5.11 Å². The standard InChI is InChI=1S/C14H24O2/c1-9(2)7-6-8-13(15)14-10(3)11(4)16-12(14)5/h9,13,15H,6-8H2,1-5H3. The summed E-state index contributed by atoms with van der Waals surface area (Å²) in [6.45, 7) is 10.3. The highest BCUT2D eigenvalue weighted by atomic mass is 16.3. The van der Waals surface area contributed by atoms with Crippen molar-refractivity contribution in [2.45, 2.75) is 60.0 Å². The van der Waals surface area contributed by atoms with Crippen LogP contribution in [0.3, 0.4) is 0 Å². The second kappa shape index (κ2) is 5.53. The number of hydrogen-bond donors (Lipinski definition) is 1. The van der Waals surface area contributed by atoms with Crippen LogP contribution >= 0.6 is 0 Å². The summed E-state index contributed by atoms with van der Waals surface area (Å²) in [5, 5.41) is 10.1. The van der Waals surface area contributed by atoms with Crippen molar-refractivity contribution in [3.8, 4) is 0 Å². The van der Waals surface area contributed by atoms with Crippen molar-refractivity contribution in [1.29, 1.82) is 0 Å². The summed E-state index contributed by atoms with van der Waals surface area (Å²) in [7, 11) is 0. The molecule has 0 bridgehead atoms. The van der Waals surface area contributed by atoms with Crippen molar-refractivity contribution in [2.75, 3.05) is 0 Å². The lowest BCUT2D eigenvalue weighted by Gasteiger charge is -2.12. The first-order valence-corrected chi connectivity index (χ1v) is 6.18. The minimum absolute atomic E-state index is 0.365. The zero-order valence-electron chi connectivity index (χ0n) is 11.1. The Morgan fingerprint density at radius 3 is 2.12 bits per heavy atom. The molecule has 0 aliphatic carbocycles. The van der Waals surface area contributed by atoms with E-state index in [0.29, 0.717) is 5.92 Å². The molecule has 1 atom stereocenters. The molecule has 1 N–H and O–H groups in total. The van der Waals surface area contributed by atoms with Crippen molar-refractivity contribution in [3.05, 3.63) is 22.6 Å². The molecule has 0 fully saturated rings. The Hall–Kier alpha value is -0.760. The molecule has 0 spiro atoms. The van der Waals surface area contributed by atoms with Gasteiger partial charge < -0.3 is 9.52 Å². The van der Waals surface area contributed by atoms with E-state index in [2.05, 4.69) is 13.8 Å². The number of rotatable bonds is 5. The molecule has 0 aliphatic heterocycles. The first-order chi connectivity index (χ1) is 7.43. The molecular formula is C14H24O2. The topological polar surface area (TPSA) is 33.4 Å². The van der Waals surface area contributed by atoms with E-state index in [-0.39, 0.29) is 6.10 Å². The molecular weight excluding hydrogens is 200 g/mol. The van der Waals surface area contributed by atoms with Gasteiger partial charge >= 0.3 is 0 Å². The lowest BCUT2D eigenvalue weighted by Crippen LogP contribution is -2.01. The summed E-state index contributed by atoms with van der Waals surface area (Å²) in [6, 6.07) is 0. The molecule has 2 nitrogen and oxygen atoms in total. The summed E-state index contributed by atoms with van der Waals surface area (Å²) in [5.74, 6) is 2.50. The van der Waals surface area contributed by atoms with Gasteiger partial charge in [-0.2, -0.15) is 0 Å². The number of hydrogen-bond acceptors (Lipinski definition) is 2. The van der Waals surface area contributed by atoms with Crippen LogP contribution in [0.2, 0.25) is 0 Å². The summed E-state index contributed by atoms with van der Waals surface area (Å²) >= 11 is 0. The maximum atomic E-state index is 10.1. The van der Waals surface area contributed by atoms with Gasteiger partial charge in [0.25, 0.3) is 0 Å². The van der Waals surface area contributed by atoms with Gasteiger partial charge in [0.15, 0.2) is 0 Å². The largest absolute Gasteiger partial charge is 0.466 e. The van der Waals surface area contributed by atoms with Gasteiger partial charge in [-0.1, -0.05) is 26.7 Å². The zero-order chi connectivity index (χ0) is 12.3. The van der Waals surface area contributed by atoms with E-state index in [1.54, 1.807) is 0 Å². The quantitative estimate of drug-likeness (QED) is 0.818. The van der Waals surface area contributed by atoms with Crippen LogP contribution in [0.25, 0.3) is 0 Å². The first-order valence-electron chi connectivity index (χ1n) is 6.18. The highest BCUT2D eigenvalue weighted by Crippen LogP contribution is 2.30. The summed E-state index contributed by atoms with van der Waals surface area (Å²) in [4.78, 5) is 0. The van der Waals surface area contributed by atoms with Crippen molar-refractivity contribution < 1.29 is 9.52 Å². The SMILES string of the molecule is Cc1oc(C)c(C(O)CCCC(C)C)c1C. The number of aliphatic hydroxyl groups excluding tert-OH is 1. The molecule has 1 rings (SSSR count). The Balaban J connectivity index is 2.62. The lowest BCUT2D eigenvalue weighted by atomic mass is 9.98. The fraction of sp³-hybridized carbons (Fsp3) is 0.714. The highest BCUT2D eigenvalue weighted by Gasteiger charge is 2.18. The normalized spacial score (nSPS) is 13.4. The predicted molar refractivity (Wildman–Crippen MR) is 66.6 cm³/mol. The van der Waals surface area contributed by atoms with Crippen molar-refractivity contribution >= 4 is 0 Å². The van der Waals surface area contributed by atoms with Crippen LogP contribution in [0.4, 0.5) is 0 Å². The fourth-order valence-corrected chi connectivity index (χ4v) is 2.16. The number of aliphatic hydroxyl groups is 1. The Bertz CT molecular complexity index is 337. The molecule has 0 saturated heterocycles. The first kappa shape index (κ1) is 13.3. The molecule has 1 unspecified atom stereocenters. The summed E-state index contributed by atoms with van der Waals surface area (Å²) in [5.41, 5.74) is 2.11. The van der Waals surface area contributed by atoms with E-state index in [1.165, 1.54) is 6.42 Å².